The second-order valence-corrected chi connectivity index (χ2v) is 9.47. The molecule has 0 aromatic carbocycles. The van der Waals surface area contributed by atoms with E-state index in [0.717, 1.165) is 42.6 Å². The summed E-state index contributed by atoms with van der Waals surface area (Å²) in [6.07, 6.45) is 10.3. The van der Waals surface area contributed by atoms with Gasteiger partial charge in [0.15, 0.2) is 0 Å². The summed E-state index contributed by atoms with van der Waals surface area (Å²) in [5, 5.41) is 3.07. The van der Waals surface area contributed by atoms with E-state index < -0.39 is 0 Å². The van der Waals surface area contributed by atoms with Gasteiger partial charge in [0.05, 0.1) is 0 Å². The Kier molecular flexibility index (Phi) is 10.0. The molecule has 1 aliphatic rings. The van der Waals surface area contributed by atoms with Crippen LogP contribution in [0.1, 0.15) is 92.9 Å². The first-order valence-electron chi connectivity index (χ1n) is 10.5. The standard InChI is InChI=1S/C22H43NO/c1-16(2)7-10-20-14-21(15-20)19(6)9-8-18(5)11-12-23-22(24)13-17(3)4/h16-21H,7-15H2,1-6H3,(H,23,24). The molecular formula is C22H43NO. The zero-order valence-corrected chi connectivity index (χ0v) is 17.2. The quantitative estimate of drug-likeness (QED) is 0.461. The SMILES string of the molecule is CC(C)CCC1CC(C(C)CCC(C)CCNC(=O)CC(C)C)C1. The average molecular weight is 338 g/mol. The first kappa shape index (κ1) is 21.5. The maximum atomic E-state index is 11.7. The van der Waals surface area contributed by atoms with E-state index in [9.17, 15) is 4.79 Å². The zero-order valence-electron chi connectivity index (χ0n) is 17.2. The molecule has 1 amide bonds. The Balaban J connectivity index is 2.04. The molecule has 1 aliphatic carbocycles. The predicted molar refractivity (Wildman–Crippen MR) is 105 cm³/mol. The number of amides is 1. The summed E-state index contributed by atoms with van der Waals surface area (Å²) >= 11 is 0. The van der Waals surface area contributed by atoms with Crippen LogP contribution in [-0.4, -0.2) is 12.5 Å². The van der Waals surface area contributed by atoms with Crippen molar-refractivity contribution in [3.8, 4) is 0 Å². The maximum Gasteiger partial charge on any atom is 0.220 e. The molecule has 0 aromatic heterocycles. The summed E-state index contributed by atoms with van der Waals surface area (Å²) in [7, 11) is 0. The Bertz CT molecular complexity index is 344. The van der Waals surface area contributed by atoms with E-state index >= 15 is 0 Å². The van der Waals surface area contributed by atoms with Gasteiger partial charge in [-0.15, -0.1) is 0 Å². The lowest BCUT2D eigenvalue weighted by Gasteiger charge is -2.40. The van der Waals surface area contributed by atoms with E-state index in [1.807, 2.05) is 0 Å². The largest absolute Gasteiger partial charge is 0.356 e. The summed E-state index contributed by atoms with van der Waals surface area (Å²) in [5.41, 5.74) is 0. The molecule has 2 atom stereocenters. The van der Waals surface area contributed by atoms with Gasteiger partial charge in [0, 0.05) is 13.0 Å². The molecule has 1 saturated carbocycles. The normalized spacial score (nSPS) is 23.2. The Hall–Kier alpha value is -0.530. The lowest BCUT2D eigenvalue weighted by atomic mass is 9.66. The van der Waals surface area contributed by atoms with Crippen LogP contribution in [-0.2, 0) is 4.79 Å². The minimum Gasteiger partial charge on any atom is -0.356 e. The van der Waals surface area contributed by atoms with E-state index in [1.54, 1.807) is 0 Å². The number of nitrogens with one attached hydrogen (secondary N) is 1. The smallest absolute Gasteiger partial charge is 0.220 e. The third-order valence-corrected chi connectivity index (χ3v) is 5.90. The Morgan fingerprint density at radius 2 is 1.58 bits per heavy atom. The van der Waals surface area contributed by atoms with E-state index in [4.69, 9.17) is 0 Å². The van der Waals surface area contributed by atoms with Crippen LogP contribution in [0, 0.1) is 35.5 Å². The highest BCUT2D eigenvalue weighted by molar-refractivity contribution is 5.75. The Labute approximate surface area is 151 Å². The molecule has 24 heavy (non-hydrogen) atoms. The third-order valence-electron chi connectivity index (χ3n) is 5.90. The summed E-state index contributed by atoms with van der Waals surface area (Å²) in [6, 6.07) is 0. The Morgan fingerprint density at radius 1 is 0.917 bits per heavy atom. The van der Waals surface area contributed by atoms with Gasteiger partial charge in [0.1, 0.15) is 0 Å². The maximum absolute atomic E-state index is 11.7. The minimum atomic E-state index is 0.215. The molecule has 1 N–H and O–H groups in total. The molecule has 0 aromatic rings. The predicted octanol–water partition coefficient (Wildman–Crippen LogP) is 6.05. The first-order chi connectivity index (χ1) is 11.3. The van der Waals surface area contributed by atoms with Crippen LogP contribution in [0.3, 0.4) is 0 Å². The lowest BCUT2D eigenvalue weighted by molar-refractivity contribution is -0.121. The number of rotatable bonds is 12. The molecule has 0 saturated heterocycles. The highest BCUT2D eigenvalue weighted by atomic mass is 16.1. The molecule has 0 aliphatic heterocycles. The van der Waals surface area contributed by atoms with Crippen molar-refractivity contribution in [2.24, 2.45) is 35.5 Å². The monoisotopic (exact) mass is 337 g/mol. The van der Waals surface area contributed by atoms with Crippen molar-refractivity contribution in [2.75, 3.05) is 6.54 Å². The second-order valence-electron chi connectivity index (χ2n) is 9.47. The molecule has 142 valence electrons. The van der Waals surface area contributed by atoms with Crippen molar-refractivity contribution >= 4 is 5.91 Å². The van der Waals surface area contributed by atoms with E-state index in [0.29, 0.717) is 12.3 Å². The van der Waals surface area contributed by atoms with Crippen LogP contribution in [0.15, 0.2) is 0 Å². The van der Waals surface area contributed by atoms with Crippen LogP contribution in [0.25, 0.3) is 0 Å². The average Bonchev–Trinajstić information content (AvgIpc) is 2.42. The van der Waals surface area contributed by atoms with Gasteiger partial charge in [-0.2, -0.15) is 0 Å². The van der Waals surface area contributed by atoms with E-state index in [1.165, 1.54) is 38.5 Å². The summed E-state index contributed by atoms with van der Waals surface area (Å²) < 4.78 is 0. The molecule has 0 radical (unpaired) electrons. The van der Waals surface area contributed by atoms with Crippen LogP contribution in [0.2, 0.25) is 0 Å². The van der Waals surface area contributed by atoms with Gasteiger partial charge in [0.2, 0.25) is 5.91 Å². The fraction of sp³-hybridized carbons (Fsp3) is 0.955. The van der Waals surface area contributed by atoms with Crippen LogP contribution < -0.4 is 5.32 Å². The lowest BCUT2D eigenvalue weighted by Crippen LogP contribution is -2.29. The van der Waals surface area contributed by atoms with Crippen molar-refractivity contribution in [2.45, 2.75) is 92.9 Å². The topological polar surface area (TPSA) is 29.1 Å². The highest BCUT2D eigenvalue weighted by Gasteiger charge is 2.32. The zero-order chi connectivity index (χ0) is 18.1. The number of hydrogen-bond donors (Lipinski definition) is 1. The number of hydrogen-bond acceptors (Lipinski definition) is 1. The van der Waals surface area contributed by atoms with Gasteiger partial charge in [-0.3, -0.25) is 4.79 Å². The molecule has 0 heterocycles. The number of carbonyl (C=O) groups excluding carboxylic acids is 1. The van der Waals surface area contributed by atoms with Crippen molar-refractivity contribution in [3.63, 3.8) is 0 Å². The summed E-state index contributed by atoms with van der Waals surface area (Å²) in [6.45, 7) is 14.5. The van der Waals surface area contributed by atoms with Gasteiger partial charge < -0.3 is 5.32 Å². The van der Waals surface area contributed by atoms with E-state index in [2.05, 4.69) is 46.9 Å². The fourth-order valence-corrected chi connectivity index (χ4v) is 3.89. The van der Waals surface area contributed by atoms with Gasteiger partial charge in [-0.25, -0.2) is 0 Å². The summed E-state index contributed by atoms with van der Waals surface area (Å²) in [4.78, 5) is 11.7. The molecule has 2 heteroatoms. The van der Waals surface area contributed by atoms with Crippen LogP contribution in [0.5, 0.6) is 0 Å². The third kappa shape index (κ3) is 9.08. The molecule has 0 bridgehead atoms. The van der Waals surface area contributed by atoms with Gasteiger partial charge in [-0.1, -0.05) is 67.2 Å². The van der Waals surface area contributed by atoms with Crippen LogP contribution >= 0.6 is 0 Å². The molecule has 0 spiro atoms. The van der Waals surface area contributed by atoms with Crippen molar-refractivity contribution < 1.29 is 4.79 Å². The molecule has 2 nitrogen and oxygen atoms in total. The molecular weight excluding hydrogens is 294 g/mol. The summed E-state index contributed by atoms with van der Waals surface area (Å²) in [5.74, 6) is 5.15. The number of carbonyl (C=O) groups is 1. The first-order valence-corrected chi connectivity index (χ1v) is 10.5. The molecule has 1 rings (SSSR count). The molecule has 1 fully saturated rings. The van der Waals surface area contributed by atoms with Gasteiger partial charge in [0.25, 0.3) is 0 Å². The van der Waals surface area contributed by atoms with Crippen molar-refractivity contribution in [1.29, 1.82) is 0 Å². The Morgan fingerprint density at radius 3 is 2.17 bits per heavy atom. The van der Waals surface area contributed by atoms with E-state index in [-0.39, 0.29) is 5.91 Å². The highest BCUT2D eigenvalue weighted by Crippen LogP contribution is 2.43. The van der Waals surface area contributed by atoms with Gasteiger partial charge >= 0.3 is 0 Å². The minimum absolute atomic E-state index is 0.215. The van der Waals surface area contributed by atoms with Gasteiger partial charge in [-0.05, 0) is 54.8 Å². The molecule has 2 unspecified atom stereocenters. The van der Waals surface area contributed by atoms with Crippen molar-refractivity contribution in [3.05, 3.63) is 0 Å². The van der Waals surface area contributed by atoms with Crippen molar-refractivity contribution in [1.82, 2.24) is 5.32 Å². The fourth-order valence-electron chi connectivity index (χ4n) is 3.89. The second kappa shape index (κ2) is 11.2. The van der Waals surface area contributed by atoms with Crippen LogP contribution in [0.4, 0.5) is 0 Å².